The van der Waals surface area contributed by atoms with Gasteiger partial charge in [-0.15, -0.1) is 0 Å². The molecule has 0 spiro atoms. The Kier molecular flexibility index (Phi) is 1.76. The quantitative estimate of drug-likeness (QED) is 0.632. The van der Waals surface area contributed by atoms with Gasteiger partial charge in [-0.25, -0.2) is 0 Å². The van der Waals surface area contributed by atoms with Gasteiger partial charge in [0.25, 0.3) is 0 Å². The Morgan fingerprint density at radius 3 is 2.33 bits per heavy atom. The molecule has 2 bridgehead atoms. The molecule has 3 aliphatic carbocycles. The smallest absolute Gasteiger partial charge is 0.00953 e. The fraction of sp³-hybridized carbons (Fsp3) is 1.00. The Morgan fingerprint density at radius 1 is 1.25 bits per heavy atom. The van der Waals surface area contributed by atoms with Crippen molar-refractivity contribution < 1.29 is 0 Å². The zero-order valence-electron chi connectivity index (χ0n) is 8.72. The molecule has 4 atom stereocenters. The molecular formula is C11H21N. The Bertz CT molecular complexity index is 185. The van der Waals surface area contributed by atoms with Crippen LogP contribution in [0.25, 0.3) is 0 Å². The van der Waals surface area contributed by atoms with Crippen LogP contribution in [0, 0.1) is 23.2 Å². The average Bonchev–Trinajstić information content (AvgIpc) is 2.03. The Morgan fingerprint density at radius 2 is 1.92 bits per heavy atom. The summed E-state index contributed by atoms with van der Waals surface area (Å²) in [5.74, 6) is 2.86. The van der Waals surface area contributed by atoms with Gasteiger partial charge in [0, 0.05) is 6.04 Å². The molecule has 70 valence electrons. The minimum Gasteiger partial charge on any atom is -0.317 e. The van der Waals surface area contributed by atoms with Crippen molar-refractivity contribution in [3.05, 3.63) is 0 Å². The minimum absolute atomic E-state index is 0.646. The maximum atomic E-state index is 3.45. The van der Waals surface area contributed by atoms with Crippen LogP contribution in [0.5, 0.6) is 0 Å². The van der Waals surface area contributed by atoms with E-state index in [-0.39, 0.29) is 0 Å². The van der Waals surface area contributed by atoms with Gasteiger partial charge in [0.05, 0.1) is 0 Å². The summed E-state index contributed by atoms with van der Waals surface area (Å²) in [7, 11) is 2.11. The lowest BCUT2D eigenvalue weighted by Gasteiger charge is -2.62. The highest BCUT2D eigenvalue weighted by molar-refractivity contribution is 5.06. The molecule has 1 unspecified atom stereocenters. The fourth-order valence-electron chi connectivity index (χ4n) is 3.53. The Labute approximate surface area is 75.9 Å². The van der Waals surface area contributed by atoms with Crippen LogP contribution < -0.4 is 5.32 Å². The minimum atomic E-state index is 0.646. The Hall–Kier alpha value is -0.0400. The number of hydrogen-bond acceptors (Lipinski definition) is 1. The maximum absolute atomic E-state index is 3.45. The molecule has 0 aromatic rings. The molecule has 0 aromatic carbocycles. The van der Waals surface area contributed by atoms with E-state index in [1.807, 2.05) is 0 Å². The first kappa shape index (κ1) is 8.55. The van der Waals surface area contributed by atoms with Crippen LogP contribution in [-0.2, 0) is 0 Å². The molecule has 0 aliphatic heterocycles. The van der Waals surface area contributed by atoms with Crippen LogP contribution in [0.1, 0.15) is 33.6 Å². The predicted molar refractivity (Wildman–Crippen MR) is 52.0 cm³/mol. The molecule has 3 rings (SSSR count). The van der Waals surface area contributed by atoms with Crippen LogP contribution in [0.2, 0.25) is 0 Å². The van der Waals surface area contributed by atoms with E-state index < -0.39 is 0 Å². The molecule has 0 saturated heterocycles. The third kappa shape index (κ3) is 0.891. The van der Waals surface area contributed by atoms with Crippen molar-refractivity contribution in [2.45, 2.75) is 39.7 Å². The molecule has 0 heterocycles. The van der Waals surface area contributed by atoms with Crippen LogP contribution >= 0.6 is 0 Å². The second-order valence-corrected chi connectivity index (χ2v) is 5.35. The van der Waals surface area contributed by atoms with Crippen LogP contribution in [-0.4, -0.2) is 13.1 Å². The van der Waals surface area contributed by atoms with Crippen LogP contribution in [0.15, 0.2) is 0 Å². The van der Waals surface area contributed by atoms with E-state index in [0.717, 1.165) is 23.8 Å². The highest BCUT2D eigenvalue weighted by Crippen LogP contribution is 2.61. The lowest BCUT2D eigenvalue weighted by atomic mass is 9.45. The van der Waals surface area contributed by atoms with Crippen molar-refractivity contribution in [1.29, 1.82) is 0 Å². The molecule has 12 heavy (non-hydrogen) atoms. The third-order valence-electron chi connectivity index (χ3n) is 4.72. The van der Waals surface area contributed by atoms with E-state index in [1.165, 1.54) is 12.8 Å². The van der Waals surface area contributed by atoms with Crippen molar-refractivity contribution in [2.24, 2.45) is 23.2 Å². The van der Waals surface area contributed by atoms with Gasteiger partial charge >= 0.3 is 0 Å². The maximum Gasteiger partial charge on any atom is 0.00953 e. The number of nitrogens with one attached hydrogen (secondary N) is 1. The predicted octanol–water partition coefficient (Wildman–Crippen LogP) is 2.28. The molecule has 0 radical (unpaired) electrons. The van der Waals surface area contributed by atoms with Gasteiger partial charge in [-0.2, -0.15) is 0 Å². The topological polar surface area (TPSA) is 12.0 Å². The van der Waals surface area contributed by atoms with E-state index in [9.17, 15) is 0 Å². The van der Waals surface area contributed by atoms with Crippen molar-refractivity contribution in [3.8, 4) is 0 Å². The van der Waals surface area contributed by atoms with E-state index >= 15 is 0 Å². The highest BCUT2D eigenvalue weighted by atomic mass is 14.9. The molecular weight excluding hydrogens is 146 g/mol. The van der Waals surface area contributed by atoms with Crippen LogP contribution in [0.4, 0.5) is 0 Å². The lowest BCUT2D eigenvalue weighted by Crippen LogP contribution is -2.59. The first-order chi connectivity index (χ1) is 5.57. The van der Waals surface area contributed by atoms with E-state index in [2.05, 4.69) is 33.1 Å². The fourth-order valence-corrected chi connectivity index (χ4v) is 3.53. The van der Waals surface area contributed by atoms with Crippen molar-refractivity contribution in [1.82, 2.24) is 5.32 Å². The monoisotopic (exact) mass is 167 g/mol. The summed E-state index contributed by atoms with van der Waals surface area (Å²) in [5, 5.41) is 3.45. The second kappa shape index (κ2) is 2.47. The van der Waals surface area contributed by atoms with Gasteiger partial charge in [0.2, 0.25) is 0 Å². The molecule has 3 aliphatic rings. The molecule has 0 amide bonds. The third-order valence-corrected chi connectivity index (χ3v) is 4.72. The lowest BCUT2D eigenvalue weighted by molar-refractivity contribution is -0.113. The van der Waals surface area contributed by atoms with Crippen molar-refractivity contribution >= 4 is 0 Å². The molecule has 1 heteroatoms. The largest absolute Gasteiger partial charge is 0.317 e. The number of hydrogen-bond donors (Lipinski definition) is 1. The molecule has 1 nitrogen and oxygen atoms in total. The zero-order chi connectivity index (χ0) is 8.93. The summed E-state index contributed by atoms with van der Waals surface area (Å²) in [6.45, 7) is 7.32. The van der Waals surface area contributed by atoms with Crippen molar-refractivity contribution in [3.63, 3.8) is 0 Å². The van der Waals surface area contributed by atoms with E-state index in [1.54, 1.807) is 0 Å². The first-order valence-corrected chi connectivity index (χ1v) is 5.24. The number of fused-ring (bicyclic) bond motifs is 2. The highest BCUT2D eigenvalue weighted by Gasteiger charge is 2.55. The molecule has 0 aromatic heterocycles. The van der Waals surface area contributed by atoms with Gasteiger partial charge in [-0.1, -0.05) is 20.8 Å². The summed E-state index contributed by atoms with van der Waals surface area (Å²) < 4.78 is 0. The summed E-state index contributed by atoms with van der Waals surface area (Å²) in [6.07, 6.45) is 2.90. The first-order valence-electron chi connectivity index (χ1n) is 5.24. The van der Waals surface area contributed by atoms with Gasteiger partial charge in [-0.3, -0.25) is 0 Å². The number of rotatable bonds is 1. The second-order valence-electron chi connectivity index (χ2n) is 5.35. The summed E-state index contributed by atoms with van der Waals surface area (Å²) >= 11 is 0. The average molecular weight is 167 g/mol. The normalized spacial score (nSPS) is 50.0. The van der Waals surface area contributed by atoms with E-state index in [4.69, 9.17) is 0 Å². The Balaban J connectivity index is 2.11. The summed E-state index contributed by atoms with van der Waals surface area (Å²) in [6, 6.07) is 0.793. The van der Waals surface area contributed by atoms with Gasteiger partial charge in [-0.05, 0) is 43.1 Å². The van der Waals surface area contributed by atoms with Crippen LogP contribution in [0.3, 0.4) is 0 Å². The van der Waals surface area contributed by atoms with Gasteiger partial charge in [0.15, 0.2) is 0 Å². The SMILES string of the molecule is CN[C@H]1CC2C[C@@H]([C@@H]1C)C2(C)C. The van der Waals surface area contributed by atoms with Gasteiger partial charge in [0.1, 0.15) is 0 Å². The molecule has 3 saturated carbocycles. The zero-order valence-corrected chi connectivity index (χ0v) is 8.72. The molecule has 3 fully saturated rings. The van der Waals surface area contributed by atoms with E-state index in [0.29, 0.717) is 5.41 Å². The molecule has 1 N–H and O–H groups in total. The van der Waals surface area contributed by atoms with Gasteiger partial charge < -0.3 is 5.32 Å². The summed E-state index contributed by atoms with van der Waals surface area (Å²) in [5.41, 5.74) is 0.646. The summed E-state index contributed by atoms with van der Waals surface area (Å²) in [4.78, 5) is 0. The standard InChI is InChI=1S/C11H21N/c1-7-9-5-8(11(9,2)3)6-10(7)12-4/h7-10,12H,5-6H2,1-4H3/t7-,8?,9-,10-/m0/s1. The van der Waals surface area contributed by atoms with Crippen molar-refractivity contribution in [2.75, 3.05) is 7.05 Å².